The van der Waals surface area contributed by atoms with Crippen molar-refractivity contribution in [3.8, 4) is 23.1 Å². The zero-order chi connectivity index (χ0) is 41.4. The van der Waals surface area contributed by atoms with E-state index in [-0.39, 0.29) is 142 Å². The molecular formula is C43H59N7O4S4. The van der Waals surface area contributed by atoms with Crippen LogP contribution in [0.2, 0.25) is 0 Å². The Morgan fingerprint density at radius 1 is 0.828 bits per heavy atom. The predicted molar refractivity (Wildman–Crippen MR) is 247 cm³/mol. The molecule has 58 heavy (non-hydrogen) atoms. The topological polar surface area (TPSA) is 136 Å². The first kappa shape index (κ1) is 41.0. The van der Waals surface area contributed by atoms with E-state index in [2.05, 4.69) is 32.1 Å². The smallest absolute Gasteiger partial charge is 0.407 e. The standard InChI is InChI=1S/C43H51N7O4.4H2S/c1-25(2)27(5)39(51)49-23-42(15-16-42)20-34(49)37-44-22-33(47-37)30-12-9-28(10-13-30)7-8-29-11-14-31-32(19-29)46-38(45-31)35-21-43(17-18-43)24-50(35)40(52)36(26(3)4)48-41(53)54-6;;;;/h9-14,19,22,25-27,34-36H,15-18,20-21,23-24H2,1-6H3,(H,44,47)(H,45,46)(H,48,53);4*1H2/t27-,34-,35-,36-;;;;/m0..../s1/i9D,10D,12D,13D;;;;. The van der Waals surface area contributed by atoms with Crippen molar-refractivity contribution in [3.05, 3.63) is 71.3 Å². The van der Waals surface area contributed by atoms with E-state index in [1.165, 1.54) is 7.11 Å². The third-order valence-corrected chi connectivity index (χ3v) is 12.2. The van der Waals surface area contributed by atoms with E-state index in [4.69, 9.17) is 15.2 Å². The third kappa shape index (κ3) is 9.35. The summed E-state index contributed by atoms with van der Waals surface area (Å²) in [5, 5.41) is 2.71. The van der Waals surface area contributed by atoms with E-state index in [1.807, 2.05) is 56.6 Å². The summed E-state index contributed by atoms with van der Waals surface area (Å²) in [4.78, 5) is 59.5. The number of imidazole rings is 2. The summed E-state index contributed by atoms with van der Waals surface area (Å²) in [6.07, 6.45) is 6.68. The lowest BCUT2D eigenvalue weighted by molar-refractivity contribution is -0.137. The maximum absolute atomic E-state index is 13.9. The lowest BCUT2D eigenvalue weighted by Crippen LogP contribution is -2.51. The van der Waals surface area contributed by atoms with Crippen LogP contribution in [0.25, 0.3) is 22.3 Å². The Bertz CT molecular complexity index is 2380. The lowest BCUT2D eigenvalue weighted by atomic mass is 9.96. The van der Waals surface area contributed by atoms with Gasteiger partial charge in [-0.1, -0.05) is 58.5 Å². The Labute approximate surface area is 375 Å². The number of hydrogen-bond donors (Lipinski definition) is 3. The lowest BCUT2D eigenvalue weighted by Gasteiger charge is -2.30. The molecule has 0 bridgehead atoms. The molecular weight excluding hydrogens is 807 g/mol. The highest BCUT2D eigenvalue weighted by molar-refractivity contribution is 7.59. The van der Waals surface area contributed by atoms with Crippen LogP contribution in [0.3, 0.4) is 0 Å². The van der Waals surface area contributed by atoms with Crippen LogP contribution >= 0.6 is 54.0 Å². The molecule has 3 amide bonds. The number of methoxy groups -OCH3 is 1. The van der Waals surface area contributed by atoms with Gasteiger partial charge in [0.05, 0.1) is 47.6 Å². The van der Waals surface area contributed by atoms with E-state index in [0.29, 0.717) is 47.0 Å². The number of aromatic nitrogens is 4. The Morgan fingerprint density at radius 3 is 1.98 bits per heavy atom. The van der Waals surface area contributed by atoms with Crippen LogP contribution in [0, 0.1) is 40.4 Å². The van der Waals surface area contributed by atoms with Crippen LogP contribution in [0.5, 0.6) is 0 Å². The Morgan fingerprint density at radius 2 is 1.41 bits per heavy atom. The quantitative estimate of drug-likeness (QED) is 0.156. The summed E-state index contributed by atoms with van der Waals surface area (Å²) in [7, 11) is 1.28. The van der Waals surface area contributed by atoms with Gasteiger partial charge in [-0.05, 0) is 97.0 Å². The van der Waals surface area contributed by atoms with Crippen LogP contribution in [-0.2, 0) is 14.3 Å². The van der Waals surface area contributed by atoms with Gasteiger partial charge in [-0.2, -0.15) is 54.0 Å². The maximum Gasteiger partial charge on any atom is 0.407 e. The van der Waals surface area contributed by atoms with Gasteiger partial charge < -0.3 is 29.8 Å². The number of amides is 3. The number of carbonyl (C=O) groups is 3. The van der Waals surface area contributed by atoms with Gasteiger partial charge in [-0.3, -0.25) is 9.59 Å². The largest absolute Gasteiger partial charge is 0.453 e. The first-order chi connectivity index (χ1) is 27.5. The summed E-state index contributed by atoms with van der Waals surface area (Å²) in [5.74, 6) is 7.03. The minimum Gasteiger partial charge on any atom is -0.453 e. The number of benzene rings is 2. The number of fused-ring (bicyclic) bond motifs is 1. The van der Waals surface area contributed by atoms with Crippen molar-refractivity contribution < 1.29 is 24.6 Å². The number of ether oxygens (including phenoxy) is 1. The van der Waals surface area contributed by atoms with Gasteiger partial charge in [0.2, 0.25) is 11.8 Å². The van der Waals surface area contributed by atoms with Gasteiger partial charge >= 0.3 is 6.09 Å². The van der Waals surface area contributed by atoms with Crippen LogP contribution in [0.4, 0.5) is 4.79 Å². The molecule has 0 radical (unpaired) electrons. The van der Waals surface area contributed by atoms with E-state index >= 15 is 0 Å². The number of nitrogens with one attached hydrogen (secondary N) is 3. The minimum atomic E-state index is -0.744. The average molecular weight is 870 g/mol. The molecule has 2 aliphatic carbocycles. The van der Waals surface area contributed by atoms with Crippen molar-refractivity contribution in [1.29, 1.82) is 0 Å². The van der Waals surface area contributed by atoms with E-state index in [1.54, 1.807) is 12.3 Å². The number of nitrogens with zero attached hydrogens (tertiary/aromatic N) is 4. The zero-order valence-corrected chi connectivity index (χ0v) is 37.9. The number of alkyl carbamates (subject to hydrolysis) is 1. The Hall–Kier alpha value is -3.71. The molecule has 4 heterocycles. The molecule has 2 saturated carbocycles. The van der Waals surface area contributed by atoms with Gasteiger partial charge in [0.25, 0.3) is 0 Å². The van der Waals surface area contributed by atoms with Crippen molar-refractivity contribution in [3.63, 3.8) is 0 Å². The number of hydrogen-bond acceptors (Lipinski definition) is 6. The molecule has 0 unspecified atom stereocenters. The molecule has 2 aliphatic heterocycles. The van der Waals surface area contributed by atoms with Crippen molar-refractivity contribution in [2.24, 2.45) is 28.6 Å². The number of carbonyl (C=O) groups excluding carboxylic acids is 3. The Kier molecular flexibility index (Phi) is 12.9. The zero-order valence-electron chi connectivity index (χ0n) is 37.9. The fourth-order valence-electron chi connectivity index (χ4n) is 8.11. The summed E-state index contributed by atoms with van der Waals surface area (Å²) >= 11 is 0. The van der Waals surface area contributed by atoms with Crippen molar-refractivity contribution in [2.45, 2.75) is 91.3 Å². The normalized spacial score (nSPS) is 21.2. The van der Waals surface area contributed by atoms with E-state index < -0.39 is 12.1 Å². The fraction of sp³-hybridized carbons (Fsp3) is 0.512. The van der Waals surface area contributed by atoms with Crippen LogP contribution in [-0.4, -0.2) is 73.9 Å². The van der Waals surface area contributed by atoms with Crippen LogP contribution in [0.1, 0.15) is 113 Å². The molecule has 4 aliphatic rings. The molecule has 4 atom stereocenters. The molecule has 2 aromatic carbocycles. The van der Waals surface area contributed by atoms with Crippen LogP contribution < -0.4 is 5.32 Å². The molecule has 4 aromatic rings. The first-order valence-electron chi connectivity index (χ1n) is 21.2. The first-order valence-corrected chi connectivity index (χ1v) is 19.2. The second-order valence-corrected chi connectivity index (χ2v) is 16.8. The molecule has 2 aromatic heterocycles. The second-order valence-electron chi connectivity index (χ2n) is 16.8. The molecule has 15 heteroatoms. The highest BCUT2D eigenvalue weighted by Gasteiger charge is 2.56. The Balaban J connectivity index is 0.00000211. The second kappa shape index (κ2) is 18.3. The molecule has 2 saturated heterocycles. The number of likely N-dealkylation sites (tertiary alicyclic amines) is 2. The third-order valence-electron chi connectivity index (χ3n) is 12.2. The summed E-state index contributed by atoms with van der Waals surface area (Å²) in [6.45, 7) is 11.1. The van der Waals surface area contributed by atoms with Gasteiger partial charge in [-0.25, -0.2) is 14.8 Å². The van der Waals surface area contributed by atoms with Gasteiger partial charge in [-0.15, -0.1) is 0 Å². The number of aromatic amines is 2. The van der Waals surface area contributed by atoms with Gasteiger partial charge in [0.1, 0.15) is 17.7 Å². The highest BCUT2D eigenvalue weighted by atomic mass is 32.1. The molecule has 3 N–H and O–H groups in total. The minimum absolute atomic E-state index is 0. The van der Waals surface area contributed by atoms with E-state index in [9.17, 15) is 14.4 Å². The van der Waals surface area contributed by atoms with Gasteiger partial charge in [0.15, 0.2) is 0 Å². The molecule has 11 nitrogen and oxygen atoms in total. The monoisotopic (exact) mass is 869 g/mol. The highest BCUT2D eigenvalue weighted by Crippen LogP contribution is 2.59. The maximum atomic E-state index is 13.9. The van der Waals surface area contributed by atoms with Crippen molar-refractivity contribution >= 4 is 82.9 Å². The van der Waals surface area contributed by atoms with E-state index in [0.717, 1.165) is 38.5 Å². The molecule has 314 valence electrons. The summed E-state index contributed by atoms with van der Waals surface area (Å²) in [5.41, 5.74) is 2.60. The van der Waals surface area contributed by atoms with Gasteiger partial charge in [0, 0.05) is 30.1 Å². The predicted octanol–water partition coefficient (Wildman–Crippen LogP) is 7.58. The van der Waals surface area contributed by atoms with Crippen molar-refractivity contribution in [1.82, 2.24) is 35.1 Å². The van der Waals surface area contributed by atoms with Crippen molar-refractivity contribution in [2.75, 3.05) is 20.2 Å². The van der Waals surface area contributed by atoms with Crippen LogP contribution in [0.15, 0.2) is 48.6 Å². The number of H-pyrrole nitrogens is 2. The SMILES string of the molecule is S.S.S.S.[2H]c1c([2H])c(-c2cnc([C@@H]3CC4(CC4)CN3C(=O)[C@@H](C)C(C)C)[nH]2)c([2H])c([2H])c1C#Cc1ccc2nc([C@@H]3CC4(CC4)CN3C(=O)[C@@H](NC(=O)OC)C(C)C)[nH]c2c1. The number of rotatable bonds is 8. The fourth-order valence-corrected chi connectivity index (χ4v) is 8.11. The summed E-state index contributed by atoms with van der Waals surface area (Å²) in [6, 6.07) is 3.18. The molecule has 4 fully saturated rings. The average Bonchev–Trinajstić information content (AvgIpc) is 3.82. The molecule has 2 spiro atoms. The molecule has 8 rings (SSSR count). The summed E-state index contributed by atoms with van der Waals surface area (Å²) < 4.78 is 40.4.